The molecule has 1 aromatic rings. The van der Waals surface area contributed by atoms with Crippen LogP contribution in [0.4, 0.5) is 0 Å². The lowest BCUT2D eigenvalue weighted by Gasteiger charge is -2.35. The van der Waals surface area contributed by atoms with Crippen molar-refractivity contribution in [1.29, 1.82) is 0 Å². The van der Waals surface area contributed by atoms with Crippen LogP contribution in [0.3, 0.4) is 0 Å². The molecule has 0 aromatic heterocycles. The minimum Gasteiger partial charge on any atom is -0.376 e. The van der Waals surface area contributed by atoms with Gasteiger partial charge >= 0.3 is 0 Å². The largest absolute Gasteiger partial charge is 0.376 e. The fourth-order valence-electron chi connectivity index (χ4n) is 2.49. The molecule has 0 aliphatic heterocycles. The Bertz CT molecular complexity index is 381. The van der Waals surface area contributed by atoms with Crippen LogP contribution in [0.2, 0.25) is 0 Å². The molecule has 0 aliphatic rings. The molecule has 0 amide bonds. The van der Waals surface area contributed by atoms with Crippen LogP contribution < -0.4 is 5.73 Å². The van der Waals surface area contributed by atoms with Crippen LogP contribution in [0.5, 0.6) is 0 Å². The van der Waals surface area contributed by atoms with Gasteiger partial charge in [0, 0.05) is 6.61 Å². The summed E-state index contributed by atoms with van der Waals surface area (Å²) in [5, 5.41) is 0. The Balaban J connectivity index is 2.95. The smallest absolute Gasteiger partial charge is 0.0815 e. The lowest BCUT2D eigenvalue weighted by atomic mass is 9.82. The van der Waals surface area contributed by atoms with Gasteiger partial charge in [-0.1, -0.05) is 58.4 Å². The molecule has 0 aliphatic carbocycles. The lowest BCUT2D eigenvalue weighted by molar-refractivity contribution is -0.0283. The zero-order valence-electron chi connectivity index (χ0n) is 13.1. The summed E-state index contributed by atoms with van der Waals surface area (Å²) in [5.41, 5.74) is 9.03. The van der Waals surface area contributed by atoms with E-state index < -0.39 is 0 Å². The van der Waals surface area contributed by atoms with Crippen molar-refractivity contribution in [3.05, 3.63) is 35.4 Å². The zero-order valence-corrected chi connectivity index (χ0v) is 13.1. The average Bonchev–Trinajstić information content (AvgIpc) is 2.34. The van der Waals surface area contributed by atoms with Gasteiger partial charge in [-0.25, -0.2) is 0 Å². The van der Waals surface area contributed by atoms with Gasteiger partial charge in [-0.05, 0) is 29.9 Å². The second kappa shape index (κ2) is 7.06. The molecule has 2 atom stereocenters. The third kappa shape index (κ3) is 4.63. The molecule has 2 nitrogen and oxygen atoms in total. The van der Waals surface area contributed by atoms with Gasteiger partial charge in [-0.2, -0.15) is 0 Å². The zero-order chi connectivity index (χ0) is 14.5. The van der Waals surface area contributed by atoms with Crippen LogP contribution in [0, 0.1) is 5.41 Å². The summed E-state index contributed by atoms with van der Waals surface area (Å²) in [4.78, 5) is 0. The van der Waals surface area contributed by atoms with Gasteiger partial charge < -0.3 is 10.5 Å². The van der Waals surface area contributed by atoms with Crippen molar-refractivity contribution in [1.82, 2.24) is 0 Å². The molecule has 0 saturated heterocycles. The molecule has 0 spiro atoms. The first-order valence-electron chi connectivity index (χ1n) is 7.36. The first-order valence-corrected chi connectivity index (χ1v) is 7.36. The van der Waals surface area contributed by atoms with E-state index in [0.29, 0.717) is 6.61 Å². The highest BCUT2D eigenvalue weighted by Crippen LogP contribution is 2.31. The molecule has 2 heteroatoms. The molecule has 2 N–H and O–H groups in total. The maximum absolute atomic E-state index is 6.45. The summed E-state index contributed by atoms with van der Waals surface area (Å²) in [5.74, 6) is 0. The molecule has 2 unspecified atom stereocenters. The van der Waals surface area contributed by atoms with E-state index in [1.165, 1.54) is 11.1 Å². The molecule has 0 heterocycles. The van der Waals surface area contributed by atoms with Crippen molar-refractivity contribution in [3.63, 3.8) is 0 Å². The minimum absolute atomic E-state index is 0.0365. The Morgan fingerprint density at radius 1 is 1.21 bits per heavy atom. The predicted molar refractivity (Wildman–Crippen MR) is 82.2 cm³/mol. The van der Waals surface area contributed by atoms with Crippen molar-refractivity contribution >= 4 is 0 Å². The monoisotopic (exact) mass is 263 g/mol. The van der Waals surface area contributed by atoms with E-state index in [2.05, 4.69) is 52.0 Å². The standard InChI is InChI=1S/C17H29NO/c1-6-9-13-10-8-11-14(12-13)15(18)16(19-7-2)17(3,4)5/h8,10-12,15-16H,6-7,9,18H2,1-5H3. The Hall–Kier alpha value is -0.860. The normalized spacial score (nSPS) is 15.3. The summed E-state index contributed by atoms with van der Waals surface area (Å²) < 4.78 is 5.90. The SMILES string of the molecule is CCCc1cccc(C(N)C(OCC)C(C)(C)C)c1. The molecule has 0 bridgehead atoms. The third-order valence-electron chi connectivity index (χ3n) is 3.40. The van der Waals surface area contributed by atoms with Crippen LogP contribution in [0.15, 0.2) is 24.3 Å². The molecule has 108 valence electrons. The average molecular weight is 263 g/mol. The minimum atomic E-state index is -0.0724. The van der Waals surface area contributed by atoms with Gasteiger partial charge in [-0.3, -0.25) is 0 Å². The van der Waals surface area contributed by atoms with Gasteiger partial charge in [0.1, 0.15) is 0 Å². The molecule has 1 aromatic carbocycles. The first kappa shape index (κ1) is 16.2. The maximum Gasteiger partial charge on any atom is 0.0815 e. The van der Waals surface area contributed by atoms with Crippen LogP contribution in [0.1, 0.15) is 58.2 Å². The highest BCUT2D eigenvalue weighted by Gasteiger charge is 2.31. The second-order valence-corrected chi connectivity index (χ2v) is 6.26. The quantitative estimate of drug-likeness (QED) is 0.839. The van der Waals surface area contributed by atoms with E-state index in [4.69, 9.17) is 10.5 Å². The van der Waals surface area contributed by atoms with E-state index in [1.54, 1.807) is 0 Å². The molecular formula is C17H29NO. The Labute approximate surface area is 118 Å². The van der Waals surface area contributed by atoms with E-state index >= 15 is 0 Å². The summed E-state index contributed by atoms with van der Waals surface area (Å²) in [7, 11) is 0. The van der Waals surface area contributed by atoms with E-state index in [-0.39, 0.29) is 17.6 Å². The van der Waals surface area contributed by atoms with Gasteiger partial charge in [0.2, 0.25) is 0 Å². The summed E-state index contributed by atoms with van der Waals surface area (Å²) in [6.07, 6.45) is 2.30. The summed E-state index contributed by atoms with van der Waals surface area (Å²) in [6.45, 7) is 11.5. The van der Waals surface area contributed by atoms with Gasteiger partial charge in [0.25, 0.3) is 0 Å². The van der Waals surface area contributed by atoms with E-state index in [9.17, 15) is 0 Å². The number of benzene rings is 1. The van der Waals surface area contributed by atoms with Crippen molar-refractivity contribution in [2.45, 2.75) is 59.6 Å². The number of aryl methyl sites for hydroxylation is 1. The molecule has 1 rings (SSSR count). The Morgan fingerprint density at radius 2 is 1.89 bits per heavy atom. The van der Waals surface area contributed by atoms with Crippen LogP contribution in [0.25, 0.3) is 0 Å². The van der Waals surface area contributed by atoms with E-state index in [0.717, 1.165) is 12.8 Å². The molecule has 0 fully saturated rings. The number of ether oxygens (including phenoxy) is 1. The van der Waals surface area contributed by atoms with Crippen LogP contribution >= 0.6 is 0 Å². The topological polar surface area (TPSA) is 35.2 Å². The molecular weight excluding hydrogens is 234 g/mol. The fraction of sp³-hybridized carbons (Fsp3) is 0.647. The number of hydrogen-bond acceptors (Lipinski definition) is 2. The van der Waals surface area contributed by atoms with Crippen LogP contribution in [-0.4, -0.2) is 12.7 Å². The predicted octanol–water partition coefficient (Wildman–Crippen LogP) is 4.09. The lowest BCUT2D eigenvalue weighted by Crippen LogP contribution is -2.39. The van der Waals surface area contributed by atoms with E-state index in [1.807, 2.05) is 6.92 Å². The van der Waals surface area contributed by atoms with Gasteiger partial charge in [0.15, 0.2) is 0 Å². The third-order valence-corrected chi connectivity index (χ3v) is 3.40. The highest BCUT2D eigenvalue weighted by atomic mass is 16.5. The van der Waals surface area contributed by atoms with Crippen molar-refractivity contribution in [2.24, 2.45) is 11.1 Å². The van der Waals surface area contributed by atoms with Crippen molar-refractivity contribution in [3.8, 4) is 0 Å². The van der Waals surface area contributed by atoms with Gasteiger partial charge in [0.05, 0.1) is 12.1 Å². The molecule has 0 radical (unpaired) electrons. The number of rotatable bonds is 6. The highest BCUT2D eigenvalue weighted by molar-refractivity contribution is 5.27. The number of hydrogen-bond donors (Lipinski definition) is 1. The molecule has 0 saturated carbocycles. The van der Waals surface area contributed by atoms with Crippen molar-refractivity contribution < 1.29 is 4.74 Å². The van der Waals surface area contributed by atoms with Crippen LogP contribution in [-0.2, 0) is 11.2 Å². The first-order chi connectivity index (χ1) is 8.90. The Morgan fingerprint density at radius 3 is 2.42 bits per heavy atom. The molecule has 19 heavy (non-hydrogen) atoms. The second-order valence-electron chi connectivity index (χ2n) is 6.26. The maximum atomic E-state index is 6.45. The van der Waals surface area contributed by atoms with Crippen molar-refractivity contribution in [2.75, 3.05) is 6.61 Å². The van der Waals surface area contributed by atoms with Gasteiger partial charge in [-0.15, -0.1) is 0 Å². The summed E-state index contributed by atoms with van der Waals surface area (Å²) in [6, 6.07) is 8.54. The Kier molecular flexibility index (Phi) is 6.02. The summed E-state index contributed by atoms with van der Waals surface area (Å²) >= 11 is 0. The number of nitrogens with two attached hydrogens (primary N) is 1. The fourth-order valence-corrected chi connectivity index (χ4v) is 2.49.